The maximum Gasteiger partial charge on any atom is 0.366 e. The molecular formula is C14H10BrN3O4. The van der Waals surface area contributed by atoms with E-state index in [0.717, 1.165) is 10.5 Å². The predicted molar refractivity (Wildman–Crippen MR) is 83.4 cm³/mol. The van der Waals surface area contributed by atoms with Crippen molar-refractivity contribution in [3.8, 4) is 0 Å². The fourth-order valence-corrected chi connectivity index (χ4v) is 1.83. The van der Waals surface area contributed by atoms with Crippen LogP contribution < -0.4 is 5.73 Å². The summed E-state index contributed by atoms with van der Waals surface area (Å²) in [6.07, 6.45) is 0. The van der Waals surface area contributed by atoms with E-state index in [9.17, 15) is 14.9 Å². The van der Waals surface area contributed by atoms with Crippen molar-refractivity contribution in [3.63, 3.8) is 0 Å². The maximum atomic E-state index is 11.8. The molecule has 2 aromatic carbocycles. The van der Waals surface area contributed by atoms with Gasteiger partial charge in [0.2, 0.25) is 0 Å². The van der Waals surface area contributed by atoms with E-state index in [0.29, 0.717) is 5.56 Å². The number of carbonyl (C=O) groups is 1. The van der Waals surface area contributed by atoms with Gasteiger partial charge in [0.05, 0.1) is 10.5 Å². The summed E-state index contributed by atoms with van der Waals surface area (Å²) in [4.78, 5) is 26.5. The Kier molecular flexibility index (Phi) is 4.84. The average Bonchev–Trinajstić information content (AvgIpc) is 2.53. The summed E-state index contributed by atoms with van der Waals surface area (Å²) in [6.45, 7) is 0. The summed E-state index contributed by atoms with van der Waals surface area (Å²) in [7, 11) is 0. The molecule has 22 heavy (non-hydrogen) atoms. The molecule has 0 bridgehead atoms. The second kappa shape index (κ2) is 6.81. The molecule has 0 saturated heterocycles. The third kappa shape index (κ3) is 3.89. The van der Waals surface area contributed by atoms with Crippen molar-refractivity contribution in [2.24, 2.45) is 10.9 Å². The molecule has 8 heteroatoms. The molecule has 0 spiro atoms. The number of hydrogen-bond acceptors (Lipinski definition) is 5. The standard InChI is InChI=1S/C14H10BrN3O4/c15-11-6-4-9(5-7-11)13(16)17-22-14(19)10-2-1-3-12(8-10)18(20)21/h1-8H,(H2,16,17). The van der Waals surface area contributed by atoms with Crippen molar-refractivity contribution in [2.45, 2.75) is 0 Å². The number of non-ortho nitro benzene ring substituents is 1. The van der Waals surface area contributed by atoms with Gasteiger partial charge in [-0.3, -0.25) is 10.1 Å². The molecule has 7 nitrogen and oxygen atoms in total. The lowest BCUT2D eigenvalue weighted by molar-refractivity contribution is -0.384. The van der Waals surface area contributed by atoms with Gasteiger partial charge in [-0.05, 0) is 18.2 Å². The van der Waals surface area contributed by atoms with Crippen molar-refractivity contribution >= 4 is 33.4 Å². The smallest absolute Gasteiger partial charge is 0.366 e. The van der Waals surface area contributed by atoms with Crippen molar-refractivity contribution in [2.75, 3.05) is 0 Å². The monoisotopic (exact) mass is 363 g/mol. The zero-order valence-electron chi connectivity index (χ0n) is 11.1. The largest absolute Gasteiger partial charge is 0.380 e. The van der Waals surface area contributed by atoms with E-state index in [4.69, 9.17) is 10.6 Å². The Bertz CT molecular complexity index is 744. The van der Waals surface area contributed by atoms with Crippen LogP contribution in [0.25, 0.3) is 0 Å². The van der Waals surface area contributed by atoms with E-state index in [-0.39, 0.29) is 17.1 Å². The molecule has 0 heterocycles. The number of nitrogens with zero attached hydrogens (tertiary/aromatic N) is 2. The van der Waals surface area contributed by atoms with Gasteiger partial charge in [-0.25, -0.2) is 4.79 Å². The van der Waals surface area contributed by atoms with E-state index in [2.05, 4.69) is 21.1 Å². The van der Waals surface area contributed by atoms with Gasteiger partial charge in [-0.1, -0.05) is 39.3 Å². The van der Waals surface area contributed by atoms with E-state index in [1.165, 1.54) is 18.2 Å². The highest BCUT2D eigenvalue weighted by Crippen LogP contribution is 2.14. The van der Waals surface area contributed by atoms with Crippen molar-refractivity contribution < 1.29 is 14.6 Å². The first-order valence-corrected chi connectivity index (χ1v) is 6.82. The summed E-state index contributed by atoms with van der Waals surface area (Å²) in [5.41, 5.74) is 6.08. The second-order valence-electron chi connectivity index (χ2n) is 4.17. The fourth-order valence-electron chi connectivity index (χ4n) is 1.56. The van der Waals surface area contributed by atoms with Crippen LogP contribution in [0.4, 0.5) is 5.69 Å². The van der Waals surface area contributed by atoms with Gasteiger partial charge >= 0.3 is 5.97 Å². The first-order valence-electron chi connectivity index (χ1n) is 6.02. The van der Waals surface area contributed by atoms with Gasteiger partial charge in [-0.2, -0.15) is 0 Å². The average molecular weight is 364 g/mol. The zero-order valence-corrected chi connectivity index (χ0v) is 12.7. The molecule has 0 aliphatic carbocycles. The number of rotatable bonds is 4. The van der Waals surface area contributed by atoms with Gasteiger partial charge in [0.1, 0.15) is 0 Å². The molecule has 0 aliphatic heterocycles. The van der Waals surface area contributed by atoms with Crippen LogP contribution in [0.1, 0.15) is 15.9 Å². The quantitative estimate of drug-likeness (QED) is 0.295. The molecule has 0 aliphatic rings. The fraction of sp³-hybridized carbons (Fsp3) is 0. The molecule has 112 valence electrons. The Morgan fingerprint density at radius 2 is 1.86 bits per heavy atom. The summed E-state index contributed by atoms with van der Waals surface area (Å²) < 4.78 is 0.873. The molecule has 0 saturated carbocycles. The Morgan fingerprint density at radius 3 is 2.50 bits per heavy atom. The molecule has 0 atom stereocenters. The van der Waals surface area contributed by atoms with Crippen LogP contribution in [0, 0.1) is 10.1 Å². The molecule has 0 radical (unpaired) electrons. The molecule has 2 N–H and O–H groups in total. The maximum absolute atomic E-state index is 11.8. The first-order chi connectivity index (χ1) is 10.5. The van der Waals surface area contributed by atoms with E-state index >= 15 is 0 Å². The highest BCUT2D eigenvalue weighted by Gasteiger charge is 2.13. The SMILES string of the molecule is N/C(=N/OC(=O)c1cccc([N+](=O)[O-])c1)c1ccc(Br)cc1. The second-order valence-corrected chi connectivity index (χ2v) is 5.09. The number of carbonyl (C=O) groups excluding carboxylic acids is 1. The van der Waals surface area contributed by atoms with Gasteiger partial charge in [-0.15, -0.1) is 0 Å². The number of benzene rings is 2. The van der Waals surface area contributed by atoms with E-state index in [1.807, 2.05) is 0 Å². The normalized spacial score (nSPS) is 11.0. The number of oxime groups is 1. The predicted octanol–water partition coefficient (Wildman–Crippen LogP) is 2.83. The summed E-state index contributed by atoms with van der Waals surface area (Å²) >= 11 is 3.28. The lowest BCUT2D eigenvalue weighted by Crippen LogP contribution is -2.15. The number of hydrogen-bond donors (Lipinski definition) is 1. The molecule has 0 unspecified atom stereocenters. The summed E-state index contributed by atoms with van der Waals surface area (Å²) in [6, 6.07) is 12.1. The Balaban J connectivity index is 2.11. The molecule has 2 rings (SSSR count). The van der Waals surface area contributed by atoms with Crippen molar-refractivity contribution in [3.05, 3.63) is 74.2 Å². The van der Waals surface area contributed by atoms with Crippen LogP contribution in [0.2, 0.25) is 0 Å². The van der Waals surface area contributed by atoms with E-state index in [1.54, 1.807) is 24.3 Å². The lowest BCUT2D eigenvalue weighted by Gasteiger charge is -2.01. The first kappa shape index (κ1) is 15.6. The molecule has 2 aromatic rings. The molecular weight excluding hydrogens is 354 g/mol. The summed E-state index contributed by atoms with van der Waals surface area (Å²) in [5.74, 6) is -0.810. The van der Waals surface area contributed by atoms with Crippen molar-refractivity contribution in [1.82, 2.24) is 0 Å². The lowest BCUT2D eigenvalue weighted by atomic mass is 10.2. The van der Waals surface area contributed by atoms with Crippen LogP contribution in [-0.4, -0.2) is 16.7 Å². The van der Waals surface area contributed by atoms with Gasteiger partial charge < -0.3 is 10.6 Å². The number of amidine groups is 1. The van der Waals surface area contributed by atoms with E-state index < -0.39 is 10.9 Å². The van der Waals surface area contributed by atoms with Crippen LogP contribution in [0.5, 0.6) is 0 Å². The summed E-state index contributed by atoms with van der Waals surface area (Å²) in [5, 5.41) is 14.2. The Hall–Kier alpha value is -2.74. The van der Waals surface area contributed by atoms with Gasteiger partial charge in [0, 0.05) is 22.2 Å². The van der Waals surface area contributed by atoms with Gasteiger partial charge in [0.25, 0.3) is 5.69 Å². The number of nitro groups is 1. The molecule has 0 amide bonds. The minimum atomic E-state index is -0.830. The van der Waals surface area contributed by atoms with Crippen LogP contribution in [0.15, 0.2) is 58.2 Å². The zero-order chi connectivity index (χ0) is 16.1. The van der Waals surface area contributed by atoms with Crippen LogP contribution in [0.3, 0.4) is 0 Å². The number of nitrogens with two attached hydrogens (primary N) is 1. The number of halogens is 1. The third-order valence-electron chi connectivity index (χ3n) is 2.66. The minimum Gasteiger partial charge on any atom is -0.380 e. The van der Waals surface area contributed by atoms with Gasteiger partial charge in [0.15, 0.2) is 5.84 Å². The molecule has 0 aromatic heterocycles. The Labute approximate surface area is 133 Å². The highest BCUT2D eigenvalue weighted by molar-refractivity contribution is 9.10. The third-order valence-corrected chi connectivity index (χ3v) is 3.19. The van der Waals surface area contributed by atoms with Crippen LogP contribution in [-0.2, 0) is 4.84 Å². The highest BCUT2D eigenvalue weighted by atomic mass is 79.9. The Morgan fingerprint density at radius 1 is 1.18 bits per heavy atom. The van der Waals surface area contributed by atoms with Crippen molar-refractivity contribution in [1.29, 1.82) is 0 Å². The van der Waals surface area contributed by atoms with Crippen LogP contribution >= 0.6 is 15.9 Å². The topological polar surface area (TPSA) is 108 Å². The minimum absolute atomic E-state index is 0.0153. The number of nitro benzene ring substituents is 1. The molecule has 0 fully saturated rings.